The summed E-state index contributed by atoms with van der Waals surface area (Å²) in [5, 5.41) is 13.6. The lowest BCUT2D eigenvalue weighted by Crippen LogP contribution is -2.35. The van der Waals surface area contributed by atoms with E-state index >= 15 is 0 Å². The van der Waals surface area contributed by atoms with Crippen molar-refractivity contribution < 1.29 is 27.9 Å². The molecule has 0 saturated heterocycles. The summed E-state index contributed by atoms with van der Waals surface area (Å²) in [6.07, 6.45) is 0. The lowest BCUT2D eigenvalue weighted by atomic mass is 10.0. The van der Waals surface area contributed by atoms with Crippen LogP contribution in [0.1, 0.15) is 26.3 Å². The summed E-state index contributed by atoms with van der Waals surface area (Å²) in [5.74, 6) is -1.85. The Morgan fingerprint density at radius 2 is 1.54 bits per heavy atom. The fourth-order valence-electron chi connectivity index (χ4n) is 4.17. The van der Waals surface area contributed by atoms with E-state index in [0.717, 1.165) is 9.87 Å². The standard InChI is InChI=1S/C29H25Cl2N3O6S/c1-33(2)29(38)19-8-6-18(7-9-19)16-32-28(37)26-5-3-4-20-12-23(10-11-25(20)26)34(17-27(35)36)41(39,40)24-14-21(30)13-22(31)15-24/h3-15H,16-17H2,1-2H3,(H,32,37)(H,35,36). The van der Waals surface area contributed by atoms with E-state index in [0.29, 0.717) is 21.9 Å². The fourth-order valence-corrected chi connectivity index (χ4v) is 6.30. The van der Waals surface area contributed by atoms with Gasteiger partial charge in [0.2, 0.25) is 0 Å². The third-order valence-corrected chi connectivity index (χ3v) is 8.35. The zero-order valence-corrected chi connectivity index (χ0v) is 24.3. The molecule has 212 valence electrons. The summed E-state index contributed by atoms with van der Waals surface area (Å²) in [5.41, 5.74) is 1.77. The lowest BCUT2D eigenvalue weighted by Gasteiger charge is -2.23. The molecule has 0 aliphatic carbocycles. The van der Waals surface area contributed by atoms with Gasteiger partial charge in [0, 0.05) is 41.8 Å². The third-order valence-electron chi connectivity index (χ3n) is 6.16. The minimum Gasteiger partial charge on any atom is -0.480 e. The number of carbonyl (C=O) groups is 3. The zero-order valence-electron chi connectivity index (χ0n) is 22.0. The Labute approximate surface area is 246 Å². The SMILES string of the molecule is CN(C)C(=O)c1ccc(CNC(=O)c2cccc3cc(N(CC(=O)O)S(=O)(=O)c4cc(Cl)cc(Cl)c4)ccc23)cc1. The van der Waals surface area contributed by atoms with Crippen LogP contribution in [0.25, 0.3) is 10.8 Å². The second kappa shape index (κ2) is 12.2. The van der Waals surface area contributed by atoms with Crippen LogP contribution in [0.2, 0.25) is 10.0 Å². The molecule has 4 aromatic carbocycles. The molecule has 12 heteroatoms. The zero-order chi connectivity index (χ0) is 29.9. The first-order chi connectivity index (χ1) is 19.4. The average molecular weight is 615 g/mol. The minimum absolute atomic E-state index is 0.0820. The van der Waals surface area contributed by atoms with Crippen LogP contribution in [0.3, 0.4) is 0 Å². The van der Waals surface area contributed by atoms with Crippen molar-refractivity contribution in [3.8, 4) is 0 Å². The highest BCUT2D eigenvalue weighted by Gasteiger charge is 2.28. The maximum Gasteiger partial charge on any atom is 0.324 e. The molecule has 0 radical (unpaired) electrons. The Morgan fingerprint density at radius 3 is 2.15 bits per heavy atom. The first kappa shape index (κ1) is 29.9. The average Bonchev–Trinajstić information content (AvgIpc) is 2.93. The number of sulfonamides is 1. The third kappa shape index (κ3) is 6.79. The number of rotatable bonds is 9. The summed E-state index contributed by atoms with van der Waals surface area (Å²) in [6, 6.07) is 20.1. The van der Waals surface area contributed by atoms with Gasteiger partial charge in [-0.05, 0) is 64.9 Å². The second-order valence-corrected chi connectivity index (χ2v) is 12.0. The fraction of sp³-hybridized carbons (Fsp3) is 0.138. The molecule has 0 aliphatic heterocycles. The number of nitrogens with zero attached hydrogens (tertiary/aromatic N) is 2. The monoisotopic (exact) mass is 613 g/mol. The number of carbonyl (C=O) groups excluding carboxylic acids is 2. The first-order valence-electron chi connectivity index (χ1n) is 12.2. The maximum atomic E-state index is 13.5. The van der Waals surface area contributed by atoms with Gasteiger partial charge in [-0.1, -0.05) is 53.5 Å². The number of carboxylic acid groups (broad SMARTS) is 1. The Balaban J connectivity index is 1.61. The Morgan fingerprint density at radius 1 is 0.878 bits per heavy atom. The van der Waals surface area contributed by atoms with Crippen LogP contribution in [0, 0.1) is 0 Å². The molecule has 0 aromatic heterocycles. The summed E-state index contributed by atoms with van der Waals surface area (Å²) >= 11 is 12.0. The number of nitrogens with one attached hydrogen (secondary N) is 1. The number of aliphatic carboxylic acids is 1. The molecule has 0 unspecified atom stereocenters. The quantitative estimate of drug-likeness (QED) is 0.272. The van der Waals surface area contributed by atoms with Gasteiger partial charge in [-0.25, -0.2) is 8.42 Å². The lowest BCUT2D eigenvalue weighted by molar-refractivity contribution is -0.135. The van der Waals surface area contributed by atoms with Crippen LogP contribution in [0.15, 0.2) is 83.8 Å². The van der Waals surface area contributed by atoms with Crippen LogP contribution in [0.4, 0.5) is 5.69 Å². The largest absolute Gasteiger partial charge is 0.480 e. The van der Waals surface area contributed by atoms with Crippen molar-refractivity contribution in [3.63, 3.8) is 0 Å². The minimum atomic E-state index is -4.36. The Kier molecular flexibility index (Phi) is 8.86. The van der Waals surface area contributed by atoms with E-state index in [1.54, 1.807) is 62.6 Å². The summed E-state index contributed by atoms with van der Waals surface area (Å²) < 4.78 is 27.7. The molecule has 9 nitrogen and oxygen atoms in total. The molecule has 0 heterocycles. The first-order valence-corrected chi connectivity index (χ1v) is 14.4. The van der Waals surface area contributed by atoms with Crippen molar-refractivity contribution >= 4 is 67.5 Å². The van der Waals surface area contributed by atoms with Gasteiger partial charge in [0.25, 0.3) is 21.8 Å². The van der Waals surface area contributed by atoms with Crippen molar-refractivity contribution in [2.24, 2.45) is 0 Å². The smallest absolute Gasteiger partial charge is 0.324 e. The highest BCUT2D eigenvalue weighted by Crippen LogP contribution is 2.31. The predicted octanol–water partition coefficient (Wildman–Crippen LogP) is 5.06. The van der Waals surface area contributed by atoms with Gasteiger partial charge in [0.15, 0.2) is 0 Å². The van der Waals surface area contributed by atoms with E-state index in [4.69, 9.17) is 23.2 Å². The Bertz CT molecular complexity index is 1740. The molecule has 0 saturated carbocycles. The number of carboxylic acids is 1. The van der Waals surface area contributed by atoms with Gasteiger partial charge in [-0.3, -0.25) is 18.7 Å². The summed E-state index contributed by atoms with van der Waals surface area (Å²) in [7, 11) is -1.02. The van der Waals surface area contributed by atoms with Crippen molar-refractivity contribution in [3.05, 3.63) is 106 Å². The molecular formula is C29H25Cl2N3O6S. The molecule has 2 N–H and O–H groups in total. The van der Waals surface area contributed by atoms with Gasteiger partial charge in [-0.15, -0.1) is 0 Å². The molecule has 0 fully saturated rings. The van der Waals surface area contributed by atoms with Gasteiger partial charge in [-0.2, -0.15) is 0 Å². The number of hydrogen-bond acceptors (Lipinski definition) is 5. The Hall–Kier alpha value is -4.12. The number of anilines is 1. The van der Waals surface area contributed by atoms with E-state index in [9.17, 15) is 27.9 Å². The maximum absolute atomic E-state index is 13.5. The highest BCUT2D eigenvalue weighted by atomic mass is 35.5. The van der Waals surface area contributed by atoms with Gasteiger partial charge in [0.05, 0.1) is 10.6 Å². The number of hydrogen-bond donors (Lipinski definition) is 2. The van der Waals surface area contributed by atoms with E-state index in [1.807, 2.05) is 0 Å². The molecule has 2 amide bonds. The van der Waals surface area contributed by atoms with Crippen molar-refractivity contribution in [1.82, 2.24) is 10.2 Å². The molecule has 0 bridgehead atoms. The van der Waals surface area contributed by atoms with E-state index in [1.165, 1.54) is 35.2 Å². The van der Waals surface area contributed by atoms with Gasteiger partial charge >= 0.3 is 5.97 Å². The molecule has 0 aliphatic rings. The predicted molar refractivity (Wildman–Crippen MR) is 158 cm³/mol. The van der Waals surface area contributed by atoms with Crippen LogP contribution < -0.4 is 9.62 Å². The molecular weight excluding hydrogens is 589 g/mol. The van der Waals surface area contributed by atoms with Gasteiger partial charge < -0.3 is 15.3 Å². The number of fused-ring (bicyclic) bond motifs is 1. The second-order valence-electron chi connectivity index (χ2n) is 9.30. The van der Waals surface area contributed by atoms with Gasteiger partial charge in [0.1, 0.15) is 6.54 Å². The van der Waals surface area contributed by atoms with Crippen LogP contribution >= 0.6 is 23.2 Å². The highest BCUT2D eigenvalue weighted by molar-refractivity contribution is 7.92. The molecule has 4 rings (SSSR count). The molecule has 0 spiro atoms. The van der Waals surface area contributed by atoms with E-state index in [2.05, 4.69) is 5.32 Å². The number of amides is 2. The van der Waals surface area contributed by atoms with Crippen molar-refractivity contribution in [2.45, 2.75) is 11.4 Å². The summed E-state index contributed by atoms with van der Waals surface area (Å²) in [4.78, 5) is 38.0. The van der Waals surface area contributed by atoms with Crippen molar-refractivity contribution in [1.29, 1.82) is 0 Å². The van der Waals surface area contributed by atoms with Crippen LogP contribution in [0.5, 0.6) is 0 Å². The van der Waals surface area contributed by atoms with E-state index < -0.39 is 22.5 Å². The summed E-state index contributed by atoms with van der Waals surface area (Å²) in [6.45, 7) is -0.631. The molecule has 4 aromatic rings. The number of halogens is 2. The topological polar surface area (TPSA) is 124 Å². The molecule has 0 atom stereocenters. The normalized spacial score (nSPS) is 11.2. The van der Waals surface area contributed by atoms with Crippen LogP contribution in [-0.2, 0) is 21.4 Å². The van der Waals surface area contributed by atoms with Crippen LogP contribution in [-0.4, -0.2) is 56.8 Å². The number of benzene rings is 4. The van der Waals surface area contributed by atoms with Crippen molar-refractivity contribution in [2.75, 3.05) is 24.9 Å². The molecule has 41 heavy (non-hydrogen) atoms. The van der Waals surface area contributed by atoms with E-state index in [-0.39, 0.29) is 39.0 Å².